The van der Waals surface area contributed by atoms with E-state index in [4.69, 9.17) is 11.6 Å². The predicted octanol–water partition coefficient (Wildman–Crippen LogP) is 5.31. The van der Waals surface area contributed by atoms with E-state index in [0.29, 0.717) is 27.4 Å². The fourth-order valence-electron chi connectivity index (χ4n) is 2.37. The molecule has 5 nitrogen and oxygen atoms in total. The van der Waals surface area contributed by atoms with Gasteiger partial charge in [0.25, 0.3) is 0 Å². The lowest BCUT2D eigenvalue weighted by Crippen LogP contribution is -2.05. The fourth-order valence-corrected chi connectivity index (χ4v) is 3.56. The molecule has 2 N–H and O–H groups in total. The summed E-state index contributed by atoms with van der Waals surface area (Å²) in [4.78, 5) is 20.1. The number of nitrogens with zero attached hydrogens (tertiary/aromatic N) is 2. The molecule has 0 bridgehead atoms. The lowest BCUT2D eigenvalue weighted by Gasteiger charge is -2.11. The molecule has 27 heavy (non-hydrogen) atoms. The Labute approximate surface area is 164 Å². The van der Waals surface area contributed by atoms with Gasteiger partial charge >= 0.3 is 5.97 Å². The maximum Gasteiger partial charge on any atom is 0.337 e. The largest absolute Gasteiger partial charge is 0.478 e. The van der Waals surface area contributed by atoms with E-state index in [1.807, 2.05) is 31.2 Å². The Morgan fingerprint density at radius 3 is 2.74 bits per heavy atom. The second kappa shape index (κ2) is 8.37. The quantitative estimate of drug-likeness (QED) is 0.429. The van der Waals surface area contributed by atoms with Crippen LogP contribution in [0.25, 0.3) is 0 Å². The van der Waals surface area contributed by atoms with Crippen molar-refractivity contribution in [2.75, 3.05) is 5.32 Å². The van der Waals surface area contributed by atoms with Gasteiger partial charge in [-0.25, -0.2) is 19.2 Å². The zero-order chi connectivity index (χ0) is 19.4. The normalized spacial score (nSPS) is 10.6. The summed E-state index contributed by atoms with van der Waals surface area (Å²) >= 11 is 7.58. The molecule has 1 aromatic heterocycles. The highest BCUT2D eigenvalue weighted by Gasteiger charge is 2.13. The Hall–Kier alpha value is -2.64. The van der Waals surface area contributed by atoms with Crippen LogP contribution in [-0.2, 0) is 5.75 Å². The number of benzene rings is 2. The van der Waals surface area contributed by atoms with E-state index in [1.54, 1.807) is 6.07 Å². The molecule has 138 valence electrons. The van der Waals surface area contributed by atoms with Crippen molar-refractivity contribution in [3.05, 3.63) is 76.2 Å². The highest BCUT2D eigenvalue weighted by molar-refractivity contribution is 7.98. The number of aromatic nitrogens is 2. The molecule has 0 fully saturated rings. The van der Waals surface area contributed by atoms with E-state index in [2.05, 4.69) is 15.3 Å². The van der Waals surface area contributed by atoms with Crippen molar-refractivity contribution >= 4 is 40.8 Å². The third kappa shape index (κ3) is 4.96. The lowest BCUT2D eigenvalue weighted by molar-refractivity contribution is 0.0697. The van der Waals surface area contributed by atoms with Crippen LogP contribution < -0.4 is 5.32 Å². The third-order valence-corrected chi connectivity index (χ3v) is 4.89. The van der Waals surface area contributed by atoms with Gasteiger partial charge in [0, 0.05) is 22.5 Å². The maximum absolute atomic E-state index is 13.3. The molecule has 0 amide bonds. The monoisotopic (exact) mass is 403 g/mol. The second-order valence-electron chi connectivity index (χ2n) is 5.68. The molecule has 0 atom stereocenters. The number of thioether (sulfide) groups is 1. The molecule has 0 radical (unpaired) electrons. The lowest BCUT2D eigenvalue weighted by atomic mass is 10.1. The van der Waals surface area contributed by atoms with Gasteiger partial charge < -0.3 is 10.4 Å². The summed E-state index contributed by atoms with van der Waals surface area (Å²) in [6.07, 6.45) is 0. The van der Waals surface area contributed by atoms with Gasteiger partial charge in [-0.2, -0.15) is 0 Å². The van der Waals surface area contributed by atoms with Crippen LogP contribution >= 0.6 is 23.4 Å². The predicted molar refractivity (Wildman–Crippen MR) is 104 cm³/mol. The smallest absolute Gasteiger partial charge is 0.337 e. The average Bonchev–Trinajstić information content (AvgIpc) is 2.62. The number of hydrogen-bond donors (Lipinski definition) is 2. The van der Waals surface area contributed by atoms with Gasteiger partial charge in [0.15, 0.2) is 5.16 Å². The van der Waals surface area contributed by atoms with Crippen LogP contribution in [0.3, 0.4) is 0 Å². The Kier molecular flexibility index (Phi) is 5.93. The number of carboxylic acid groups (broad SMARTS) is 1. The minimum atomic E-state index is -1.23. The molecule has 8 heteroatoms. The number of carboxylic acids is 1. The van der Waals surface area contributed by atoms with Crippen molar-refractivity contribution in [3.8, 4) is 0 Å². The summed E-state index contributed by atoms with van der Waals surface area (Å²) in [6.45, 7) is 1.81. The van der Waals surface area contributed by atoms with Crippen LogP contribution in [0, 0.1) is 12.7 Å². The van der Waals surface area contributed by atoms with Gasteiger partial charge in [-0.05, 0) is 36.8 Å². The standard InChI is InChI=1S/C19H15ClFN3O2S/c1-11-8-17(23-16-7-6-13(21)9-14(16)18(25)26)24-19(22-11)27-10-12-4-2-3-5-15(12)20/h2-9H,10H2,1H3,(H,25,26)(H,22,23,24). The first kappa shape index (κ1) is 19.1. The molecule has 0 unspecified atom stereocenters. The van der Waals surface area contributed by atoms with Crippen LogP contribution in [0.4, 0.5) is 15.9 Å². The Bertz CT molecular complexity index is 1000. The van der Waals surface area contributed by atoms with Gasteiger partial charge in [0.05, 0.1) is 11.3 Å². The summed E-state index contributed by atoms with van der Waals surface area (Å²) < 4.78 is 13.3. The van der Waals surface area contributed by atoms with Crippen LogP contribution in [0.15, 0.2) is 53.7 Å². The van der Waals surface area contributed by atoms with Crippen LogP contribution in [0.1, 0.15) is 21.6 Å². The van der Waals surface area contributed by atoms with Gasteiger partial charge in [-0.15, -0.1) is 0 Å². The highest BCUT2D eigenvalue weighted by atomic mass is 35.5. The number of carbonyl (C=O) groups is 1. The molecule has 3 aromatic rings. The summed E-state index contributed by atoms with van der Waals surface area (Å²) in [5.74, 6) is -0.818. The first-order valence-electron chi connectivity index (χ1n) is 7.94. The number of anilines is 2. The van der Waals surface area contributed by atoms with Crippen molar-refractivity contribution in [2.45, 2.75) is 17.8 Å². The van der Waals surface area contributed by atoms with E-state index in [0.717, 1.165) is 11.6 Å². The molecule has 0 aliphatic heterocycles. The van der Waals surface area contributed by atoms with Gasteiger partial charge in [-0.3, -0.25) is 0 Å². The second-order valence-corrected chi connectivity index (χ2v) is 7.03. The number of hydrogen-bond acceptors (Lipinski definition) is 5. The zero-order valence-electron chi connectivity index (χ0n) is 14.2. The molecule has 3 rings (SSSR count). The van der Waals surface area contributed by atoms with Crippen LogP contribution in [-0.4, -0.2) is 21.0 Å². The van der Waals surface area contributed by atoms with Crippen molar-refractivity contribution in [1.29, 1.82) is 0 Å². The zero-order valence-corrected chi connectivity index (χ0v) is 15.8. The van der Waals surface area contributed by atoms with Crippen molar-refractivity contribution in [2.24, 2.45) is 0 Å². The molecular formula is C19H15ClFN3O2S. The molecule has 1 heterocycles. The molecule has 0 spiro atoms. The Morgan fingerprint density at radius 1 is 1.22 bits per heavy atom. The first-order chi connectivity index (χ1) is 12.9. The third-order valence-electron chi connectivity index (χ3n) is 3.62. The molecule has 2 aromatic carbocycles. The summed E-state index contributed by atoms with van der Waals surface area (Å²) in [5.41, 5.74) is 1.77. The number of aromatic carboxylic acids is 1. The number of rotatable bonds is 6. The topological polar surface area (TPSA) is 75.1 Å². The number of aryl methyl sites for hydroxylation is 1. The minimum Gasteiger partial charge on any atom is -0.478 e. The Balaban J connectivity index is 1.82. The maximum atomic E-state index is 13.3. The highest BCUT2D eigenvalue weighted by Crippen LogP contribution is 2.27. The van der Waals surface area contributed by atoms with Gasteiger partial charge in [0.1, 0.15) is 11.6 Å². The SMILES string of the molecule is Cc1cc(Nc2ccc(F)cc2C(=O)O)nc(SCc2ccccc2Cl)n1. The van der Waals surface area contributed by atoms with Gasteiger partial charge in [-0.1, -0.05) is 41.6 Å². The van der Waals surface area contributed by atoms with Crippen LogP contribution in [0.5, 0.6) is 0 Å². The summed E-state index contributed by atoms with van der Waals surface area (Å²) in [5, 5.41) is 13.4. The fraction of sp³-hybridized carbons (Fsp3) is 0.105. The number of halogens is 2. The van der Waals surface area contributed by atoms with E-state index in [9.17, 15) is 14.3 Å². The average molecular weight is 404 g/mol. The molecule has 0 aliphatic carbocycles. The molecular weight excluding hydrogens is 389 g/mol. The van der Waals surface area contributed by atoms with E-state index in [1.165, 1.54) is 23.9 Å². The van der Waals surface area contributed by atoms with Crippen LogP contribution in [0.2, 0.25) is 5.02 Å². The van der Waals surface area contributed by atoms with E-state index >= 15 is 0 Å². The first-order valence-corrected chi connectivity index (χ1v) is 9.30. The molecule has 0 aliphatic rings. The minimum absolute atomic E-state index is 0.170. The molecule has 0 saturated carbocycles. The van der Waals surface area contributed by atoms with Gasteiger partial charge in [0.2, 0.25) is 0 Å². The van der Waals surface area contributed by atoms with Crippen molar-refractivity contribution in [3.63, 3.8) is 0 Å². The molecule has 0 saturated heterocycles. The van der Waals surface area contributed by atoms with Crippen molar-refractivity contribution in [1.82, 2.24) is 9.97 Å². The summed E-state index contributed by atoms with van der Waals surface area (Å²) in [7, 11) is 0. The van der Waals surface area contributed by atoms with Crippen molar-refractivity contribution < 1.29 is 14.3 Å². The summed E-state index contributed by atoms with van der Waals surface area (Å²) in [6, 6.07) is 12.7. The Morgan fingerprint density at radius 2 is 2.00 bits per heavy atom. The number of nitrogens with one attached hydrogen (secondary N) is 1. The van der Waals surface area contributed by atoms with E-state index < -0.39 is 11.8 Å². The van der Waals surface area contributed by atoms with E-state index in [-0.39, 0.29) is 11.3 Å².